The number of aromatic hydroxyl groups is 3. The predicted molar refractivity (Wildman–Crippen MR) is 449 cm³/mol. The number of amides is 9. The number of rotatable bonds is 22. The molecule has 7 aromatic rings. The Morgan fingerprint density at radius 1 is 0.734 bits per heavy atom. The number of aliphatic hydroxyl groups is 6. The van der Waals surface area contributed by atoms with Crippen LogP contribution in [-0.2, 0) is 70.1 Å². The molecule has 21 N–H and O–H groups in total. The van der Waals surface area contributed by atoms with Crippen LogP contribution in [0.15, 0.2) is 134 Å². The standard InChI is InChI=1S/C86H95Cl2F3N12O25/c1-9-19-122-102-83(121)66-49-30-47(105)31-55(107)63(49)48-24-39(13-16-54(48)106)64-79(117)101-68(82(120)99-66)70(110)41-15-18-57(51(88)26-41)125-59-28-42-27-58(124-56-17-14-40(25-50(56)87)69(109)67(100-77(115)52(93-6)20-36(2)3)81(119)96-53(32-61(92)108)78(116)97-65(42)80(118)98-64)73(59)128-84-74(72(112)71(111)60(35-104)126-84)127-62-33-85(5,75(113)37(4)123-62)94-34-38-11-10-12-45(21-38)95-76(114)43-22-44(86(89,90)91)29-46(23-43)103(7)8/h9-18,21-31,36-37,52-53,60,62,64-72,74-75,84,93-94,104-107,109-113H,1,19-20,32-35H2,2-8H3,(H2,92,108)(H,95,114)(H,96,119)(H,97,116)(H,98,118)(H,99,120)(H,100,115)(H,101,117)(H,102,121). The molecule has 37 nitrogen and oxygen atoms in total. The first-order valence-electron chi connectivity index (χ1n) is 40.1. The van der Waals surface area contributed by atoms with Gasteiger partial charge in [0.25, 0.3) is 11.8 Å². The minimum absolute atomic E-state index is 0.0759. The third-order valence-electron chi connectivity index (χ3n) is 22.0. The molecule has 18 atom stereocenters. The molecule has 9 amide bonds. The summed E-state index contributed by atoms with van der Waals surface area (Å²) in [4.78, 5) is 140. The molecule has 0 radical (unpaired) electrons. The molecule has 2 saturated heterocycles. The van der Waals surface area contributed by atoms with Crippen LogP contribution in [-0.4, -0.2) is 212 Å². The van der Waals surface area contributed by atoms with Crippen molar-refractivity contribution >= 4 is 87.7 Å². The maximum absolute atomic E-state index is 16.4. The average Bonchev–Trinajstić information content (AvgIpc) is 0.776. The Kier molecular flexibility index (Phi) is 29.5. The van der Waals surface area contributed by atoms with E-state index in [9.17, 15) is 78.3 Å². The summed E-state index contributed by atoms with van der Waals surface area (Å²) in [5, 5.41) is 130. The molecule has 7 heterocycles. The summed E-state index contributed by atoms with van der Waals surface area (Å²) < 4.78 is 81.6. The van der Waals surface area contributed by atoms with E-state index in [0.717, 1.165) is 78.9 Å². The number of likely N-dealkylation sites (N-methyl/N-ethyl adjacent to an activating group) is 1. The molecule has 0 spiro atoms. The lowest BCUT2D eigenvalue weighted by atomic mass is 9.84. The largest absolute Gasteiger partial charge is 0.508 e. The van der Waals surface area contributed by atoms with Gasteiger partial charge in [-0.2, -0.15) is 13.2 Å². The molecule has 0 aromatic heterocycles. The van der Waals surface area contributed by atoms with Gasteiger partial charge in [0.05, 0.1) is 53.5 Å². The molecule has 7 aliphatic heterocycles. The molecule has 128 heavy (non-hydrogen) atoms. The van der Waals surface area contributed by atoms with Crippen molar-refractivity contribution in [1.29, 1.82) is 0 Å². The lowest BCUT2D eigenvalue weighted by Crippen LogP contribution is -2.65. The number of primary amides is 1. The lowest BCUT2D eigenvalue weighted by Gasteiger charge is -2.48. The van der Waals surface area contributed by atoms with Crippen LogP contribution in [0.25, 0.3) is 11.1 Å². The van der Waals surface area contributed by atoms with E-state index in [4.69, 9.17) is 62.2 Å². The summed E-state index contributed by atoms with van der Waals surface area (Å²) in [5.74, 6) is -16.6. The van der Waals surface area contributed by atoms with Gasteiger partial charge in [0, 0.05) is 66.7 Å². The normalized spacial score (nSPS) is 25.7. The fourth-order valence-electron chi connectivity index (χ4n) is 15.3. The summed E-state index contributed by atoms with van der Waals surface area (Å²) in [6.45, 7) is 8.79. The molecule has 2 fully saturated rings. The number of phenolic OH excluding ortho intramolecular Hbond substituents is 3. The van der Waals surface area contributed by atoms with Crippen molar-refractivity contribution in [2.75, 3.05) is 44.6 Å². The zero-order valence-electron chi connectivity index (χ0n) is 69.4. The van der Waals surface area contributed by atoms with Crippen LogP contribution >= 0.6 is 23.2 Å². The smallest absolute Gasteiger partial charge is 0.416 e. The number of hydrogen-bond acceptors (Lipinski definition) is 28. The number of benzene rings is 7. The van der Waals surface area contributed by atoms with Crippen LogP contribution in [0.4, 0.5) is 24.5 Å². The van der Waals surface area contributed by atoms with Gasteiger partial charge < -0.3 is 133 Å². The quantitative estimate of drug-likeness (QED) is 0.0254. The molecule has 0 aliphatic carbocycles. The van der Waals surface area contributed by atoms with E-state index >= 15 is 24.0 Å². The summed E-state index contributed by atoms with van der Waals surface area (Å²) in [5.41, 5.74) is 3.10. The number of halogens is 5. The fraction of sp³-hybridized carbons (Fsp3) is 0.384. The van der Waals surface area contributed by atoms with Crippen molar-refractivity contribution in [3.8, 4) is 57.1 Å². The fourth-order valence-corrected chi connectivity index (χ4v) is 15.8. The highest BCUT2D eigenvalue weighted by Gasteiger charge is 2.53. The first-order chi connectivity index (χ1) is 60.5. The monoisotopic (exact) mass is 1820 g/mol. The number of carbonyl (C=O) groups is 9. The van der Waals surface area contributed by atoms with Crippen LogP contribution in [0, 0.1) is 5.92 Å². The van der Waals surface area contributed by atoms with Gasteiger partial charge in [-0.05, 0) is 152 Å². The number of nitrogens with two attached hydrogens (primary N) is 1. The second-order valence-electron chi connectivity index (χ2n) is 32.0. The van der Waals surface area contributed by atoms with Crippen LogP contribution < -0.4 is 78.2 Å². The first-order valence-corrected chi connectivity index (χ1v) is 40.8. The van der Waals surface area contributed by atoms with Crippen molar-refractivity contribution in [2.24, 2.45) is 11.7 Å². The molecular formula is C86H95Cl2F3N12O25. The zero-order valence-corrected chi connectivity index (χ0v) is 70.9. The molecule has 11 bridgehead atoms. The molecule has 684 valence electrons. The zero-order chi connectivity index (χ0) is 93.0. The van der Waals surface area contributed by atoms with Crippen LogP contribution in [0.3, 0.4) is 0 Å². The van der Waals surface area contributed by atoms with Crippen molar-refractivity contribution in [3.63, 3.8) is 0 Å². The predicted octanol–water partition coefficient (Wildman–Crippen LogP) is 4.42. The Hall–Kier alpha value is -12.0. The van der Waals surface area contributed by atoms with Gasteiger partial charge in [-0.3, -0.25) is 48.0 Å². The van der Waals surface area contributed by atoms with Crippen molar-refractivity contribution < 1.29 is 136 Å². The van der Waals surface area contributed by atoms with Gasteiger partial charge >= 0.3 is 6.18 Å². The topological polar surface area (TPSA) is 550 Å². The van der Waals surface area contributed by atoms with E-state index in [0.29, 0.717) is 5.56 Å². The van der Waals surface area contributed by atoms with E-state index < -0.39 is 265 Å². The molecular weight excluding hydrogens is 1730 g/mol. The van der Waals surface area contributed by atoms with Gasteiger partial charge in [0.2, 0.25) is 53.4 Å². The van der Waals surface area contributed by atoms with Crippen molar-refractivity contribution in [1.82, 2.24) is 48.0 Å². The number of carbonyl (C=O) groups excluding carboxylic acids is 9. The molecule has 14 rings (SSSR count). The summed E-state index contributed by atoms with van der Waals surface area (Å²) >= 11 is 14.4. The van der Waals surface area contributed by atoms with Crippen LogP contribution in [0.2, 0.25) is 10.0 Å². The minimum atomic E-state index is -4.79. The number of aliphatic hydroxyl groups excluding tert-OH is 6. The van der Waals surface area contributed by atoms with Crippen molar-refractivity contribution in [2.45, 2.75) is 169 Å². The molecule has 18 unspecified atom stereocenters. The van der Waals surface area contributed by atoms with Gasteiger partial charge in [-0.15, -0.1) is 6.58 Å². The number of phenols is 3. The third-order valence-corrected chi connectivity index (χ3v) is 22.6. The van der Waals surface area contributed by atoms with Gasteiger partial charge in [-0.25, -0.2) is 5.48 Å². The van der Waals surface area contributed by atoms with E-state index in [2.05, 4.69) is 59.9 Å². The Morgan fingerprint density at radius 2 is 1.38 bits per heavy atom. The molecule has 7 aliphatic rings. The van der Waals surface area contributed by atoms with Crippen molar-refractivity contribution in [3.05, 3.63) is 189 Å². The maximum atomic E-state index is 16.4. The molecule has 0 saturated carbocycles. The summed E-state index contributed by atoms with van der Waals surface area (Å²) in [6.07, 6.45) is -23.4. The van der Waals surface area contributed by atoms with Crippen LogP contribution in [0.5, 0.6) is 46.0 Å². The summed E-state index contributed by atoms with van der Waals surface area (Å²) in [6, 6.07) is 8.42. The highest BCUT2D eigenvalue weighted by molar-refractivity contribution is 6.32. The number of alkyl halides is 3. The highest BCUT2D eigenvalue weighted by atomic mass is 35.5. The third kappa shape index (κ3) is 21.4. The van der Waals surface area contributed by atoms with E-state index in [1.54, 1.807) is 32.9 Å². The van der Waals surface area contributed by atoms with E-state index in [1.165, 1.54) is 69.4 Å². The minimum Gasteiger partial charge on any atom is -0.508 e. The Bertz CT molecular complexity index is 5430. The molecule has 7 aromatic carbocycles. The number of nitrogens with zero attached hydrogens (tertiary/aromatic N) is 1. The Labute approximate surface area is 738 Å². The Morgan fingerprint density at radius 3 is 2.01 bits per heavy atom. The number of hydroxylamine groups is 1. The lowest BCUT2D eigenvalue weighted by molar-refractivity contribution is -0.334. The average molecular weight is 1820 g/mol. The number of hydrogen-bond donors (Lipinski definition) is 20. The van der Waals surface area contributed by atoms with Crippen LogP contribution in [0.1, 0.15) is 127 Å². The second-order valence-corrected chi connectivity index (χ2v) is 32.8. The van der Waals surface area contributed by atoms with Gasteiger partial charge in [-0.1, -0.05) is 73.5 Å². The SMILES string of the molecule is C=CCONC(=O)C1NC(=O)C2NC(=O)C(NC(=O)C3NC(=O)C(CC(N)=O)NC(=O)C(NC(=O)C(CC(C)C)NC)C(O)c4ccc(c(Cl)c4)Oc4cc3cc(c4OC3OC(CO)C(O)C(O)C3OC3CC(C)(NCc4cccc(NC(=O)c5cc(N(C)C)cc(C(F)(F)F)c5)c4)C(O)C(C)O3)Oc3ccc(cc3Cl)C2O)c2ccc(O)c(c2)-c2c(O)cc(O)cc21. The van der Waals surface area contributed by atoms with E-state index in [-0.39, 0.29) is 65.5 Å². The van der Waals surface area contributed by atoms with E-state index in [1.807, 2.05) is 0 Å². The molecule has 42 heteroatoms. The van der Waals surface area contributed by atoms with Gasteiger partial charge in [0.15, 0.2) is 23.9 Å². The number of nitrogens with one attached hydrogen (secondary N) is 10. The maximum Gasteiger partial charge on any atom is 0.416 e. The number of anilines is 2. The number of ether oxygens (including phenoxy) is 6. The van der Waals surface area contributed by atoms with Gasteiger partial charge in [0.1, 0.15) is 95.5 Å². The Balaban J connectivity index is 1.01. The highest BCUT2D eigenvalue weighted by Crippen LogP contribution is 2.50. The number of fused-ring (bicyclic) bond motifs is 15. The first kappa shape index (κ1) is 95.1. The summed E-state index contributed by atoms with van der Waals surface area (Å²) in [7, 11) is 4.49. The second kappa shape index (κ2) is 39.7.